The van der Waals surface area contributed by atoms with Crippen LogP contribution in [0.4, 0.5) is 5.69 Å². The molecule has 0 radical (unpaired) electrons. The molecule has 0 bridgehead atoms. The van der Waals surface area contributed by atoms with Gasteiger partial charge in [-0.1, -0.05) is 24.3 Å². The van der Waals surface area contributed by atoms with Crippen LogP contribution in [-0.2, 0) is 4.79 Å². The van der Waals surface area contributed by atoms with Crippen molar-refractivity contribution in [2.24, 2.45) is 0 Å². The molecule has 0 saturated carbocycles. The molecule has 3 aromatic rings. The van der Waals surface area contributed by atoms with Crippen LogP contribution < -0.4 is 10.1 Å². The summed E-state index contributed by atoms with van der Waals surface area (Å²) in [5.41, 5.74) is 4.47. The normalized spacial score (nSPS) is 11.0. The van der Waals surface area contributed by atoms with Crippen LogP contribution in [0.3, 0.4) is 0 Å². The van der Waals surface area contributed by atoms with E-state index in [-0.39, 0.29) is 5.57 Å². The molecule has 1 amide bonds. The maximum Gasteiger partial charge on any atom is 0.266 e. The summed E-state index contributed by atoms with van der Waals surface area (Å²) in [6, 6.07) is 21.0. The number of anilines is 1. The number of nitrogens with one attached hydrogen (secondary N) is 1. The standard InChI is InChI=1S/C23H21N3O2/c1-16-12-18(17(2)26(16)21-9-5-4-6-10-21)13-19(15-24)23(27)25-20-8-7-11-22(14-20)28-3/h4-14H,1-3H3,(H,25,27)/b19-13-. The van der Waals surface area contributed by atoms with Crippen LogP contribution in [0, 0.1) is 25.2 Å². The van der Waals surface area contributed by atoms with Gasteiger partial charge >= 0.3 is 0 Å². The van der Waals surface area contributed by atoms with Crippen molar-refractivity contribution in [3.05, 3.63) is 83.2 Å². The van der Waals surface area contributed by atoms with E-state index in [1.54, 1.807) is 37.5 Å². The lowest BCUT2D eigenvalue weighted by atomic mass is 10.1. The number of carbonyl (C=O) groups excluding carboxylic acids is 1. The van der Waals surface area contributed by atoms with Crippen LogP contribution in [-0.4, -0.2) is 17.6 Å². The first-order chi connectivity index (χ1) is 13.5. The van der Waals surface area contributed by atoms with E-state index >= 15 is 0 Å². The highest BCUT2D eigenvalue weighted by Gasteiger charge is 2.14. The number of rotatable bonds is 5. The number of nitrogens with zero attached hydrogens (tertiary/aromatic N) is 2. The number of methoxy groups -OCH3 is 1. The quantitative estimate of drug-likeness (QED) is 0.524. The minimum absolute atomic E-state index is 0.0381. The number of carbonyl (C=O) groups is 1. The van der Waals surface area contributed by atoms with Gasteiger partial charge in [0.2, 0.25) is 0 Å². The van der Waals surface area contributed by atoms with Gasteiger partial charge in [-0.05, 0) is 55.8 Å². The number of para-hydroxylation sites is 1. The predicted octanol–water partition coefficient (Wildman–Crippen LogP) is 4.65. The summed E-state index contributed by atoms with van der Waals surface area (Å²) in [5.74, 6) is 0.173. The number of aromatic nitrogens is 1. The Hall–Kier alpha value is -3.78. The smallest absolute Gasteiger partial charge is 0.266 e. The Morgan fingerprint density at radius 3 is 2.54 bits per heavy atom. The Labute approximate surface area is 164 Å². The number of benzene rings is 2. The summed E-state index contributed by atoms with van der Waals surface area (Å²) >= 11 is 0. The highest BCUT2D eigenvalue weighted by Crippen LogP contribution is 2.23. The molecule has 0 atom stereocenters. The van der Waals surface area contributed by atoms with Gasteiger partial charge < -0.3 is 14.6 Å². The summed E-state index contributed by atoms with van der Waals surface area (Å²) in [4.78, 5) is 12.6. The topological polar surface area (TPSA) is 67.0 Å². The van der Waals surface area contributed by atoms with E-state index < -0.39 is 5.91 Å². The van der Waals surface area contributed by atoms with Crippen LogP contribution in [0.25, 0.3) is 11.8 Å². The molecule has 1 heterocycles. The molecule has 3 rings (SSSR count). The number of amides is 1. The van der Waals surface area contributed by atoms with E-state index in [0.29, 0.717) is 11.4 Å². The lowest BCUT2D eigenvalue weighted by Gasteiger charge is -2.09. The molecular formula is C23H21N3O2. The molecule has 0 saturated heterocycles. The zero-order valence-corrected chi connectivity index (χ0v) is 16.1. The van der Waals surface area contributed by atoms with Crippen molar-refractivity contribution in [1.29, 1.82) is 5.26 Å². The Bertz CT molecular complexity index is 1070. The van der Waals surface area contributed by atoms with Crippen molar-refractivity contribution in [3.63, 3.8) is 0 Å². The Morgan fingerprint density at radius 1 is 1.11 bits per heavy atom. The summed E-state index contributed by atoms with van der Waals surface area (Å²) < 4.78 is 7.26. The van der Waals surface area contributed by atoms with Gasteiger partial charge in [-0.15, -0.1) is 0 Å². The van der Waals surface area contributed by atoms with E-state index in [1.165, 1.54) is 0 Å². The first kappa shape index (κ1) is 19.0. The monoisotopic (exact) mass is 371 g/mol. The van der Waals surface area contributed by atoms with Gasteiger partial charge in [0.15, 0.2) is 0 Å². The van der Waals surface area contributed by atoms with E-state index in [4.69, 9.17) is 4.74 Å². The molecule has 5 nitrogen and oxygen atoms in total. The van der Waals surface area contributed by atoms with Crippen LogP contribution >= 0.6 is 0 Å². The van der Waals surface area contributed by atoms with Gasteiger partial charge in [0.1, 0.15) is 17.4 Å². The van der Waals surface area contributed by atoms with E-state index in [2.05, 4.69) is 9.88 Å². The van der Waals surface area contributed by atoms with Gasteiger partial charge in [-0.3, -0.25) is 4.79 Å². The second-order valence-electron chi connectivity index (χ2n) is 6.35. The third-order valence-corrected chi connectivity index (χ3v) is 4.48. The maximum absolute atomic E-state index is 12.6. The fraction of sp³-hybridized carbons (Fsp3) is 0.130. The van der Waals surface area contributed by atoms with Crippen molar-refractivity contribution in [1.82, 2.24) is 4.57 Å². The lowest BCUT2D eigenvalue weighted by Crippen LogP contribution is -2.13. The third-order valence-electron chi connectivity index (χ3n) is 4.48. The fourth-order valence-corrected chi connectivity index (χ4v) is 3.11. The molecule has 5 heteroatoms. The number of ether oxygens (including phenoxy) is 1. The average Bonchev–Trinajstić information content (AvgIpc) is 2.99. The van der Waals surface area contributed by atoms with Crippen LogP contribution in [0.15, 0.2) is 66.2 Å². The molecule has 1 N–H and O–H groups in total. The molecule has 0 spiro atoms. The van der Waals surface area contributed by atoms with Gasteiger partial charge in [0, 0.05) is 28.8 Å². The third kappa shape index (κ3) is 3.97. The molecule has 2 aromatic carbocycles. The lowest BCUT2D eigenvalue weighted by molar-refractivity contribution is -0.112. The Balaban J connectivity index is 1.91. The average molecular weight is 371 g/mol. The van der Waals surface area contributed by atoms with Crippen molar-refractivity contribution >= 4 is 17.7 Å². The predicted molar refractivity (Wildman–Crippen MR) is 110 cm³/mol. The summed E-state index contributed by atoms with van der Waals surface area (Å²) in [6.45, 7) is 3.97. The van der Waals surface area contributed by atoms with Crippen molar-refractivity contribution in [2.75, 3.05) is 12.4 Å². The minimum atomic E-state index is -0.458. The number of hydrogen-bond donors (Lipinski definition) is 1. The van der Waals surface area contributed by atoms with Crippen LogP contribution in [0.2, 0.25) is 0 Å². The first-order valence-electron chi connectivity index (χ1n) is 8.85. The summed E-state index contributed by atoms with van der Waals surface area (Å²) in [5, 5.41) is 12.3. The van der Waals surface area contributed by atoms with Gasteiger partial charge in [0.25, 0.3) is 5.91 Å². The first-order valence-corrected chi connectivity index (χ1v) is 8.85. The minimum Gasteiger partial charge on any atom is -0.497 e. The molecule has 0 aliphatic heterocycles. The fourth-order valence-electron chi connectivity index (χ4n) is 3.11. The van der Waals surface area contributed by atoms with Crippen molar-refractivity contribution in [3.8, 4) is 17.5 Å². The molecule has 1 aromatic heterocycles. The van der Waals surface area contributed by atoms with Gasteiger partial charge in [-0.25, -0.2) is 0 Å². The van der Waals surface area contributed by atoms with Gasteiger partial charge in [0.05, 0.1) is 7.11 Å². The molecule has 0 unspecified atom stereocenters. The largest absolute Gasteiger partial charge is 0.497 e. The molecule has 140 valence electrons. The molecule has 28 heavy (non-hydrogen) atoms. The number of aryl methyl sites for hydroxylation is 1. The SMILES string of the molecule is COc1cccc(NC(=O)/C(C#N)=C\c2cc(C)n(-c3ccccc3)c2C)c1. The molecule has 0 fully saturated rings. The molecule has 0 aliphatic rings. The molecular weight excluding hydrogens is 350 g/mol. The maximum atomic E-state index is 12.6. The highest BCUT2D eigenvalue weighted by molar-refractivity contribution is 6.09. The zero-order chi connectivity index (χ0) is 20.1. The Morgan fingerprint density at radius 2 is 1.86 bits per heavy atom. The van der Waals surface area contributed by atoms with Crippen molar-refractivity contribution < 1.29 is 9.53 Å². The summed E-state index contributed by atoms with van der Waals surface area (Å²) in [7, 11) is 1.56. The second kappa shape index (κ2) is 8.28. The van der Waals surface area contributed by atoms with E-state index in [9.17, 15) is 10.1 Å². The van der Waals surface area contributed by atoms with Gasteiger partial charge in [-0.2, -0.15) is 5.26 Å². The van der Waals surface area contributed by atoms with Crippen LogP contribution in [0.1, 0.15) is 17.0 Å². The van der Waals surface area contributed by atoms with E-state index in [1.807, 2.05) is 56.3 Å². The number of nitriles is 1. The van der Waals surface area contributed by atoms with E-state index in [0.717, 1.165) is 22.6 Å². The number of hydrogen-bond acceptors (Lipinski definition) is 3. The van der Waals surface area contributed by atoms with Crippen molar-refractivity contribution in [2.45, 2.75) is 13.8 Å². The Kier molecular flexibility index (Phi) is 5.61. The van der Waals surface area contributed by atoms with Crippen LogP contribution in [0.5, 0.6) is 5.75 Å². The summed E-state index contributed by atoms with van der Waals surface area (Å²) in [6.07, 6.45) is 1.62. The second-order valence-corrected chi connectivity index (χ2v) is 6.35. The zero-order valence-electron chi connectivity index (χ0n) is 16.1. The highest BCUT2D eigenvalue weighted by atomic mass is 16.5. The molecule has 0 aliphatic carbocycles.